The lowest BCUT2D eigenvalue weighted by atomic mass is 9.89. The van der Waals surface area contributed by atoms with Gasteiger partial charge < -0.3 is 35.1 Å². The molecule has 2 saturated heterocycles. The molecule has 2 aliphatic rings. The van der Waals surface area contributed by atoms with E-state index in [-0.39, 0.29) is 22.1 Å². The Bertz CT molecular complexity index is 1600. The first-order valence-electron chi connectivity index (χ1n) is 14.2. The van der Waals surface area contributed by atoms with Crippen LogP contribution in [0.4, 0.5) is 0 Å². The third-order valence-electron chi connectivity index (χ3n) is 8.12. The van der Waals surface area contributed by atoms with Crippen LogP contribution in [0.2, 0.25) is 0 Å². The topological polar surface area (TPSA) is 131 Å². The number of likely N-dealkylation sites (tertiary alicyclic amines) is 1. The van der Waals surface area contributed by atoms with Crippen molar-refractivity contribution in [1.29, 1.82) is 0 Å². The third-order valence-corrected chi connectivity index (χ3v) is 11.0. The molecule has 1 aromatic carbocycles. The number of hydrogen-bond acceptors (Lipinski definition) is 11. The highest BCUT2D eigenvalue weighted by Crippen LogP contribution is 2.32. The van der Waals surface area contributed by atoms with Gasteiger partial charge in [0.05, 0.1) is 34.6 Å². The van der Waals surface area contributed by atoms with E-state index in [1.165, 1.54) is 27.2 Å². The molecule has 4 aromatic rings. The van der Waals surface area contributed by atoms with E-state index >= 15 is 0 Å². The molecule has 1 atom stereocenters. The summed E-state index contributed by atoms with van der Waals surface area (Å²) in [6, 6.07) is 7.48. The molecule has 42 heavy (non-hydrogen) atoms. The number of carbonyl (C=O) groups is 1. The van der Waals surface area contributed by atoms with Crippen molar-refractivity contribution in [3.05, 3.63) is 65.3 Å². The van der Waals surface area contributed by atoms with Crippen molar-refractivity contribution < 1.29 is 19.7 Å². The van der Waals surface area contributed by atoms with Crippen LogP contribution in [0, 0.1) is 6.92 Å². The predicted molar refractivity (Wildman–Crippen MR) is 166 cm³/mol. The zero-order valence-corrected chi connectivity index (χ0v) is 25.9. The van der Waals surface area contributed by atoms with Crippen LogP contribution in [0.3, 0.4) is 0 Å². The number of thiazole rings is 2. The van der Waals surface area contributed by atoms with Crippen LogP contribution in [0.1, 0.15) is 49.8 Å². The van der Waals surface area contributed by atoms with E-state index in [4.69, 9.17) is 4.74 Å². The number of hydrogen-bond donors (Lipinski definition) is 4. The second-order valence-corrected chi connectivity index (χ2v) is 14.3. The maximum atomic E-state index is 13.0. The number of nitrogens with one attached hydrogen (secondary N) is 2. The zero-order chi connectivity index (χ0) is 29.3. The monoisotopic (exact) mass is 629 g/mol. The van der Waals surface area contributed by atoms with E-state index in [1.54, 1.807) is 17.4 Å². The van der Waals surface area contributed by atoms with Gasteiger partial charge >= 0.3 is 4.87 Å². The number of aromatic amines is 1. The number of carbonyl (C=O) groups excluding carboxylic acids is 1. The van der Waals surface area contributed by atoms with Crippen LogP contribution >= 0.6 is 34.0 Å². The molecule has 4 N–H and O–H groups in total. The van der Waals surface area contributed by atoms with Crippen LogP contribution in [0.5, 0.6) is 5.75 Å². The van der Waals surface area contributed by atoms with Gasteiger partial charge in [0.25, 0.3) is 5.91 Å². The summed E-state index contributed by atoms with van der Waals surface area (Å²) < 4.78 is 6.85. The number of aromatic hydroxyl groups is 1. The molecule has 3 aromatic heterocycles. The molecule has 13 heteroatoms. The maximum Gasteiger partial charge on any atom is 0.305 e. The molecule has 5 heterocycles. The number of rotatable bonds is 9. The number of fused-ring (bicyclic) bond motifs is 1. The second kappa shape index (κ2) is 12.5. The first kappa shape index (κ1) is 29.4. The molecular formula is C29H35N5O5S3. The van der Waals surface area contributed by atoms with Crippen molar-refractivity contribution in [3.63, 3.8) is 0 Å². The molecule has 10 nitrogen and oxygen atoms in total. The van der Waals surface area contributed by atoms with Crippen LogP contribution in [-0.4, -0.2) is 87.4 Å². The van der Waals surface area contributed by atoms with Crippen molar-refractivity contribution in [2.75, 3.05) is 45.9 Å². The molecule has 2 aliphatic heterocycles. The third kappa shape index (κ3) is 6.47. The number of morpholine rings is 1. The quantitative estimate of drug-likeness (QED) is 0.221. The van der Waals surface area contributed by atoms with Gasteiger partial charge in [-0.2, -0.15) is 0 Å². The molecule has 0 bridgehead atoms. The Kier molecular flexibility index (Phi) is 8.78. The van der Waals surface area contributed by atoms with Gasteiger partial charge in [-0.05, 0) is 44.4 Å². The van der Waals surface area contributed by atoms with E-state index in [1.807, 2.05) is 17.2 Å². The van der Waals surface area contributed by atoms with Crippen LogP contribution in [0.15, 0.2) is 34.4 Å². The van der Waals surface area contributed by atoms with E-state index in [2.05, 4.69) is 32.3 Å². The van der Waals surface area contributed by atoms with Crippen molar-refractivity contribution in [3.8, 4) is 5.75 Å². The molecule has 0 saturated carbocycles. The van der Waals surface area contributed by atoms with Gasteiger partial charge in [-0.3, -0.25) is 9.59 Å². The summed E-state index contributed by atoms with van der Waals surface area (Å²) in [7, 11) is 0. The van der Waals surface area contributed by atoms with Gasteiger partial charge in [-0.1, -0.05) is 17.4 Å². The fraction of sp³-hybridized carbons (Fsp3) is 0.483. The molecular weight excluding hydrogens is 595 g/mol. The lowest BCUT2D eigenvalue weighted by molar-refractivity contribution is -0.127. The highest BCUT2D eigenvalue weighted by atomic mass is 32.1. The van der Waals surface area contributed by atoms with Crippen LogP contribution in [0.25, 0.3) is 10.2 Å². The van der Waals surface area contributed by atoms with Gasteiger partial charge in [0.1, 0.15) is 17.0 Å². The molecule has 224 valence electrons. The van der Waals surface area contributed by atoms with Crippen molar-refractivity contribution in [1.82, 2.24) is 25.1 Å². The highest BCUT2D eigenvalue weighted by Gasteiger charge is 2.41. The van der Waals surface area contributed by atoms with E-state index in [0.29, 0.717) is 54.3 Å². The molecule has 2 fully saturated rings. The van der Waals surface area contributed by atoms with Crippen molar-refractivity contribution in [2.45, 2.75) is 44.4 Å². The van der Waals surface area contributed by atoms with Gasteiger partial charge in [-0.25, -0.2) is 4.98 Å². The number of aliphatic hydroxyl groups excluding tert-OH is 1. The maximum absolute atomic E-state index is 13.0. The molecule has 0 radical (unpaired) electrons. The normalized spacial score (nSPS) is 18.2. The number of ether oxygens (including phenoxy) is 1. The van der Waals surface area contributed by atoms with Gasteiger partial charge in [0.15, 0.2) is 0 Å². The summed E-state index contributed by atoms with van der Waals surface area (Å²) in [6.07, 6.45) is 2.02. The first-order valence-corrected chi connectivity index (χ1v) is 16.7. The Morgan fingerprint density at radius 3 is 2.79 bits per heavy atom. The molecule has 1 amide bonds. The summed E-state index contributed by atoms with van der Waals surface area (Å²) >= 11 is 4.28. The lowest BCUT2D eigenvalue weighted by Crippen LogP contribution is -2.58. The average molecular weight is 630 g/mol. The van der Waals surface area contributed by atoms with E-state index in [9.17, 15) is 19.8 Å². The Morgan fingerprint density at radius 2 is 2.00 bits per heavy atom. The number of aromatic nitrogens is 2. The van der Waals surface area contributed by atoms with Crippen LogP contribution < -0.4 is 10.2 Å². The largest absolute Gasteiger partial charge is 0.506 e. The summed E-state index contributed by atoms with van der Waals surface area (Å²) in [4.78, 5) is 38.4. The molecule has 1 unspecified atom stereocenters. The van der Waals surface area contributed by atoms with E-state index in [0.717, 1.165) is 55.2 Å². The summed E-state index contributed by atoms with van der Waals surface area (Å²) in [5.41, 5.74) is 1.29. The molecule has 0 aliphatic carbocycles. The number of phenolic OH excluding ortho intramolecular Hbond substituents is 1. The Morgan fingerprint density at radius 1 is 1.19 bits per heavy atom. The minimum absolute atomic E-state index is 0.00510. The summed E-state index contributed by atoms with van der Waals surface area (Å²) in [5.74, 6) is 0.0177. The minimum Gasteiger partial charge on any atom is -0.506 e. The second-order valence-electron chi connectivity index (χ2n) is 11.0. The molecule has 1 spiro atoms. The number of amides is 1. The highest BCUT2D eigenvalue weighted by molar-refractivity contribution is 7.16. The Hall–Kier alpha value is -2.65. The zero-order valence-electron chi connectivity index (χ0n) is 23.4. The van der Waals surface area contributed by atoms with Gasteiger partial charge in [0.2, 0.25) is 0 Å². The Labute approximate surface area is 255 Å². The summed E-state index contributed by atoms with van der Waals surface area (Å²) in [6.45, 7) is 7.62. The number of nitrogens with zero attached hydrogens (tertiary/aromatic N) is 3. The van der Waals surface area contributed by atoms with E-state index < -0.39 is 6.10 Å². The average Bonchev–Trinajstić information content (AvgIpc) is 3.73. The van der Waals surface area contributed by atoms with Gasteiger partial charge in [-0.15, -0.1) is 22.7 Å². The molecule has 6 rings (SSSR count). The minimum atomic E-state index is -0.795. The number of H-pyrrole nitrogens is 1. The number of phenols is 1. The first-order chi connectivity index (χ1) is 20.3. The lowest BCUT2D eigenvalue weighted by Gasteiger charge is -2.47. The van der Waals surface area contributed by atoms with Crippen molar-refractivity contribution >= 4 is 50.1 Å². The van der Waals surface area contributed by atoms with Gasteiger partial charge in [0, 0.05) is 60.0 Å². The number of benzene rings is 1. The summed E-state index contributed by atoms with van der Waals surface area (Å²) in [5, 5.41) is 26.8. The smallest absolute Gasteiger partial charge is 0.305 e. The number of piperidine rings is 1. The predicted octanol–water partition coefficient (Wildman–Crippen LogP) is 3.49. The Balaban J connectivity index is 0.944. The number of aryl methyl sites for hydroxylation is 1. The SMILES string of the molecule is Cc1nc(C(=O)N2CCOC3(CCN(CCc4ccc(CNCC(O)c5ccc(O)c6[nH]c(=O)sc56)s4)CC3)C2)cs1. The number of aliphatic hydroxyl groups is 1. The van der Waals surface area contributed by atoms with Crippen LogP contribution in [-0.2, 0) is 17.7 Å². The fourth-order valence-electron chi connectivity index (χ4n) is 5.79. The number of thiophene rings is 1. The van der Waals surface area contributed by atoms with Crippen molar-refractivity contribution in [2.24, 2.45) is 0 Å². The fourth-order valence-corrected chi connectivity index (χ4v) is 8.27. The standard InChI is InChI=1S/C29H35N5O5S3/c1-18-31-22(16-40-18)27(37)34-12-13-39-29(17-34)7-10-33(11-8-29)9-6-19-2-3-20(41-19)14-30-15-24(36)21-4-5-23(35)25-26(21)42-28(38)32-25/h2-5,16,24,30,35-36H,6-15,17H2,1H3,(H,32,38).